The molecular formula is C25H34F3N5O4. The molecule has 1 aromatic carbocycles. The van der Waals surface area contributed by atoms with Crippen LogP contribution in [0.2, 0.25) is 0 Å². The SMILES string of the molecule is CCOC(=O)C1=C(CN2CCN(C(=O)NC(C)C)[C@@H](C)C2)N(C)C(=O)N[C@H]1c1ccccc1C(F)(F)F. The maximum absolute atomic E-state index is 13.8. The van der Waals surface area contributed by atoms with Crippen molar-refractivity contribution in [2.24, 2.45) is 0 Å². The number of rotatable bonds is 6. The van der Waals surface area contributed by atoms with Crippen molar-refractivity contribution in [1.29, 1.82) is 0 Å². The lowest BCUT2D eigenvalue weighted by Gasteiger charge is -2.42. The topological polar surface area (TPSA) is 94.2 Å². The number of carbonyl (C=O) groups excluding carboxylic acids is 3. The van der Waals surface area contributed by atoms with Crippen LogP contribution in [0.4, 0.5) is 22.8 Å². The molecule has 1 saturated heterocycles. The van der Waals surface area contributed by atoms with E-state index >= 15 is 0 Å². The molecule has 3 rings (SSSR count). The maximum Gasteiger partial charge on any atom is 0.416 e. The molecule has 0 saturated carbocycles. The number of nitrogens with one attached hydrogen (secondary N) is 2. The fourth-order valence-electron chi connectivity index (χ4n) is 4.66. The molecule has 12 heteroatoms. The average Bonchev–Trinajstić information content (AvgIpc) is 2.81. The van der Waals surface area contributed by atoms with Gasteiger partial charge in [-0.1, -0.05) is 18.2 Å². The zero-order chi connectivity index (χ0) is 27.5. The van der Waals surface area contributed by atoms with Gasteiger partial charge in [-0.05, 0) is 39.3 Å². The number of hydrogen-bond donors (Lipinski definition) is 2. The first-order valence-corrected chi connectivity index (χ1v) is 12.2. The minimum absolute atomic E-state index is 0.0130. The van der Waals surface area contributed by atoms with Crippen molar-refractivity contribution >= 4 is 18.0 Å². The molecule has 2 heterocycles. The van der Waals surface area contributed by atoms with Crippen LogP contribution in [0.1, 0.15) is 44.9 Å². The zero-order valence-corrected chi connectivity index (χ0v) is 21.7. The molecule has 4 amide bonds. The summed E-state index contributed by atoms with van der Waals surface area (Å²) in [4.78, 5) is 43.5. The quantitative estimate of drug-likeness (QED) is 0.556. The molecule has 2 aliphatic rings. The Hall–Kier alpha value is -3.28. The van der Waals surface area contributed by atoms with Crippen molar-refractivity contribution in [3.63, 3.8) is 0 Å². The fourth-order valence-corrected chi connectivity index (χ4v) is 4.66. The van der Waals surface area contributed by atoms with E-state index in [0.717, 1.165) is 6.07 Å². The van der Waals surface area contributed by atoms with E-state index in [0.29, 0.717) is 19.6 Å². The third kappa shape index (κ3) is 6.35. The largest absolute Gasteiger partial charge is 0.463 e. The number of alkyl halides is 3. The Bertz CT molecular complexity index is 1060. The monoisotopic (exact) mass is 525 g/mol. The van der Waals surface area contributed by atoms with Crippen LogP contribution in [-0.4, -0.2) is 84.6 Å². The highest BCUT2D eigenvalue weighted by atomic mass is 19.4. The van der Waals surface area contributed by atoms with Crippen LogP contribution >= 0.6 is 0 Å². The van der Waals surface area contributed by atoms with Crippen LogP contribution in [0.15, 0.2) is 35.5 Å². The Labute approximate surface area is 214 Å². The molecule has 2 N–H and O–H groups in total. The van der Waals surface area contributed by atoms with Gasteiger partial charge in [0.2, 0.25) is 0 Å². The van der Waals surface area contributed by atoms with Crippen LogP contribution in [0.3, 0.4) is 0 Å². The second-order valence-corrected chi connectivity index (χ2v) is 9.49. The molecule has 0 bridgehead atoms. The van der Waals surface area contributed by atoms with Gasteiger partial charge in [0.1, 0.15) is 0 Å². The molecule has 37 heavy (non-hydrogen) atoms. The molecule has 0 aromatic heterocycles. The molecule has 0 aliphatic carbocycles. The summed E-state index contributed by atoms with van der Waals surface area (Å²) in [5, 5.41) is 5.42. The average molecular weight is 526 g/mol. The summed E-state index contributed by atoms with van der Waals surface area (Å²) >= 11 is 0. The molecule has 0 unspecified atom stereocenters. The number of carbonyl (C=O) groups is 3. The summed E-state index contributed by atoms with van der Waals surface area (Å²) in [6.07, 6.45) is -4.69. The smallest absolute Gasteiger partial charge is 0.416 e. The van der Waals surface area contributed by atoms with Crippen molar-refractivity contribution in [1.82, 2.24) is 25.3 Å². The lowest BCUT2D eigenvalue weighted by molar-refractivity contribution is -0.141. The number of esters is 1. The molecule has 2 atom stereocenters. The molecule has 204 valence electrons. The summed E-state index contributed by atoms with van der Waals surface area (Å²) in [7, 11) is 1.46. The van der Waals surface area contributed by atoms with Gasteiger partial charge in [0.15, 0.2) is 0 Å². The number of ether oxygens (including phenoxy) is 1. The lowest BCUT2D eigenvalue weighted by atomic mass is 9.90. The Morgan fingerprint density at radius 2 is 1.89 bits per heavy atom. The second kappa shape index (κ2) is 11.4. The van der Waals surface area contributed by atoms with Gasteiger partial charge < -0.3 is 20.3 Å². The molecule has 9 nitrogen and oxygen atoms in total. The fraction of sp³-hybridized carbons (Fsp3) is 0.560. The van der Waals surface area contributed by atoms with E-state index in [2.05, 4.69) is 10.6 Å². The number of piperazine rings is 1. The number of benzene rings is 1. The first-order chi connectivity index (χ1) is 17.3. The lowest BCUT2D eigenvalue weighted by Crippen LogP contribution is -2.58. The predicted molar refractivity (Wildman–Crippen MR) is 130 cm³/mol. The van der Waals surface area contributed by atoms with Gasteiger partial charge in [0, 0.05) is 51.0 Å². The standard InChI is InChI=1S/C25H34F3N5O4/c1-6-37-22(34)20-19(14-32-11-12-33(16(4)13-32)24(36)29-15(2)3)31(5)23(35)30-21(20)17-9-7-8-10-18(17)25(26,27)28/h7-10,15-16,21H,6,11-14H2,1-5H3,(H,29,36)(H,30,35)/t16-,21-/m0/s1. The third-order valence-corrected chi connectivity index (χ3v) is 6.41. The Morgan fingerprint density at radius 3 is 2.49 bits per heavy atom. The van der Waals surface area contributed by atoms with Crippen LogP contribution in [0.25, 0.3) is 0 Å². The Kier molecular flexibility index (Phi) is 8.72. The van der Waals surface area contributed by atoms with E-state index < -0.39 is 29.8 Å². The minimum Gasteiger partial charge on any atom is -0.463 e. The number of urea groups is 2. The van der Waals surface area contributed by atoms with E-state index in [1.54, 1.807) is 11.8 Å². The van der Waals surface area contributed by atoms with E-state index in [1.165, 1.54) is 30.1 Å². The van der Waals surface area contributed by atoms with E-state index in [-0.39, 0.29) is 48.1 Å². The third-order valence-electron chi connectivity index (χ3n) is 6.41. The Balaban J connectivity index is 1.99. The summed E-state index contributed by atoms with van der Waals surface area (Å²) in [5.41, 5.74) is -0.963. The van der Waals surface area contributed by atoms with Gasteiger partial charge in [-0.15, -0.1) is 0 Å². The highest BCUT2D eigenvalue weighted by molar-refractivity contribution is 5.95. The van der Waals surface area contributed by atoms with E-state index in [4.69, 9.17) is 4.74 Å². The molecule has 2 aliphatic heterocycles. The van der Waals surface area contributed by atoms with Gasteiger partial charge in [-0.2, -0.15) is 13.2 Å². The van der Waals surface area contributed by atoms with Crippen molar-refractivity contribution in [3.05, 3.63) is 46.7 Å². The molecule has 0 radical (unpaired) electrons. The molecule has 0 spiro atoms. The minimum atomic E-state index is -4.69. The normalized spacial score (nSPS) is 21.3. The van der Waals surface area contributed by atoms with Crippen molar-refractivity contribution < 1.29 is 32.3 Å². The molecule has 1 fully saturated rings. The van der Waals surface area contributed by atoms with E-state index in [9.17, 15) is 27.6 Å². The van der Waals surface area contributed by atoms with Crippen molar-refractivity contribution in [3.8, 4) is 0 Å². The summed E-state index contributed by atoms with van der Waals surface area (Å²) in [5.74, 6) is -0.797. The molecular weight excluding hydrogens is 491 g/mol. The number of halogens is 3. The highest BCUT2D eigenvalue weighted by Gasteiger charge is 2.42. The van der Waals surface area contributed by atoms with E-state index in [1.807, 2.05) is 25.7 Å². The Morgan fingerprint density at radius 1 is 1.22 bits per heavy atom. The first-order valence-electron chi connectivity index (χ1n) is 12.2. The highest BCUT2D eigenvalue weighted by Crippen LogP contribution is 2.39. The zero-order valence-electron chi connectivity index (χ0n) is 21.7. The first kappa shape index (κ1) is 28.3. The summed E-state index contributed by atoms with van der Waals surface area (Å²) in [6, 6.07) is 2.54. The predicted octanol–water partition coefficient (Wildman–Crippen LogP) is 3.34. The summed E-state index contributed by atoms with van der Waals surface area (Å²) in [6.45, 7) is 8.70. The number of nitrogens with zero attached hydrogens (tertiary/aromatic N) is 3. The number of hydrogen-bond acceptors (Lipinski definition) is 5. The van der Waals surface area contributed by atoms with Crippen molar-refractivity contribution in [2.75, 3.05) is 39.8 Å². The van der Waals surface area contributed by atoms with Crippen LogP contribution in [-0.2, 0) is 15.7 Å². The van der Waals surface area contributed by atoms with Gasteiger partial charge >= 0.3 is 24.2 Å². The number of likely N-dealkylation sites (N-methyl/N-ethyl adjacent to an activating group) is 1. The van der Waals surface area contributed by atoms with Crippen LogP contribution in [0, 0.1) is 0 Å². The van der Waals surface area contributed by atoms with Crippen LogP contribution in [0.5, 0.6) is 0 Å². The van der Waals surface area contributed by atoms with Crippen LogP contribution < -0.4 is 10.6 Å². The summed E-state index contributed by atoms with van der Waals surface area (Å²) < 4.78 is 46.8. The van der Waals surface area contributed by atoms with Gasteiger partial charge in [0.25, 0.3) is 0 Å². The molecule has 1 aromatic rings. The number of amides is 4. The van der Waals surface area contributed by atoms with Crippen molar-refractivity contribution in [2.45, 2.75) is 52.0 Å². The van der Waals surface area contributed by atoms with Gasteiger partial charge in [-0.25, -0.2) is 14.4 Å². The van der Waals surface area contributed by atoms with Gasteiger partial charge in [-0.3, -0.25) is 9.80 Å². The second-order valence-electron chi connectivity index (χ2n) is 9.49. The maximum atomic E-state index is 13.8. The van der Waals surface area contributed by atoms with Gasteiger partial charge in [0.05, 0.1) is 23.8 Å².